The maximum absolute atomic E-state index is 11.8. The molecule has 2 aromatic rings. The topological polar surface area (TPSA) is 52.6 Å². The Labute approximate surface area is 141 Å². The molecule has 4 heteroatoms. The van der Waals surface area contributed by atoms with Gasteiger partial charge in [0.15, 0.2) is 0 Å². The summed E-state index contributed by atoms with van der Waals surface area (Å²) in [6, 6.07) is 14.4. The lowest BCUT2D eigenvalue weighted by atomic mass is 10.1. The summed E-state index contributed by atoms with van der Waals surface area (Å²) in [5.74, 6) is 0.320. The van der Waals surface area contributed by atoms with E-state index in [4.69, 9.17) is 9.47 Å². The molecule has 0 bridgehead atoms. The number of carbonyl (C=O) groups excluding carboxylic acids is 2. The lowest BCUT2D eigenvalue weighted by molar-refractivity contribution is -0.130. The molecule has 0 radical (unpaired) electrons. The minimum Gasteiger partial charge on any atom is -0.497 e. The predicted molar refractivity (Wildman–Crippen MR) is 94.1 cm³/mol. The molecule has 2 rings (SSSR count). The first-order valence-corrected chi connectivity index (χ1v) is 7.35. The lowest BCUT2D eigenvalue weighted by Crippen LogP contribution is -2.06. The Morgan fingerprint density at radius 3 is 1.29 bits per heavy atom. The van der Waals surface area contributed by atoms with Gasteiger partial charge in [-0.3, -0.25) is 9.59 Å². The summed E-state index contributed by atoms with van der Waals surface area (Å²) in [6.07, 6.45) is 5.73. The van der Waals surface area contributed by atoms with Gasteiger partial charge in [-0.15, -0.1) is 0 Å². The molecule has 0 N–H and O–H groups in total. The number of ketones is 2. The molecule has 0 spiro atoms. The van der Waals surface area contributed by atoms with Crippen molar-refractivity contribution in [2.45, 2.75) is 0 Å². The minimum atomic E-state index is -0.574. The van der Waals surface area contributed by atoms with Crippen molar-refractivity contribution in [3.05, 3.63) is 71.8 Å². The third-order valence-corrected chi connectivity index (χ3v) is 3.33. The molecule has 0 heterocycles. The second kappa shape index (κ2) is 8.48. The Hall–Kier alpha value is -3.14. The van der Waals surface area contributed by atoms with Crippen molar-refractivity contribution in [2.24, 2.45) is 0 Å². The summed E-state index contributed by atoms with van der Waals surface area (Å²) in [7, 11) is 3.17. The zero-order chi connectivity index (χ0) is 17.4. The Balaban J connectivity index is 1.96. The average Bonchev–Trinajstić information content (AvgIpc) is 2.64. The molecule has 0 saturated heterocycles. The van der Waals surface area contributed by atoms with Crippen LogP contribution in [0.15, 0.2) is 60.7 Å². The number of methoxy groups -OCH3 is 2. The third-order valence-electron chi connectivity index (χ3n) is 3.33. The molecule has 0 aliphatic rings. The van der Waals surface area contributed by atoms with Gasteiger partial charge in [0.2, 0.25) is 11.6 Å². The van der Waals surface area contributed by atoms with Gasteiger partial charge in [0.1, 0.15) is 11.5 Å². The highest BCUT2D eigenvalue weighted by Gasteiger charge is 2.05. The van der Waals surface area contributed by atoms with E-state index in [0.717, 1.165) is 22.6 Å². The van der Waals surface area contributed by atoms with Crippen molar-refractivity contribution < 1.29 is 19.1 Å². The van der Waals surface area contributed by atoms with E-state index < -0.39 is 11.6 Å². The Kier molecular flexibility index (Phi) is 6.08. The first kappa shape index (κ1) is 17.2. The molecule has 0 fully saturated rings. The van der Waals surface area contributed by atoms with Crippen molar-refractivity contribution in [1.82, 2.24) is 0 Å². The molecular weight excluding hydrogens is 304 g/mol. The summed E-state index contributed by atoms with van der Waals surface area (Å²) in [4.78, 5) is 23.7. The van der Waals surface area contributed by atoms with Crippen molar-refractivity contribution >= 4 is 23.7 Å². The summed E-state index contributed by atoms with van der Waals surface area (Å²) in [6.45, 7) is 0. The maximum Gasteiger partial charge on any atom is 0.225 e. The van der Waals surface area contributed by atoms with E-state index in [2.05, 4.69) is 0 Å². The van der Waals surface area contributed by atoms with Crippen LogP contribution in [0, 0.1) is 0 Å². The van der Waals surface area contributed by atoms with Crippen LogP contribution in [0.2, 0.25) is 0 Å². The van der Waals surface area contributed by atoms with E-state index in [-0.39, 0.29) is 0 Å². The molecule has 0 aromatic heterocycles. The van der Waals surface area contributed by atoms with Crippen molar-refractivity contribution in [1.29, 1.82) is 0 Å². The Bertz CT molecular complexity index is 686. The van der Waals surface area contributed by atoms with Crippen LogP contribution in [-0.2, 0) is 9.59 Å². The van der Waals surface area contributed by atoms with Gasteiger partial charge in [-0.05, 0) is 47.5 Å². The van der Waals surface area contributed by atoms with Gasteiger partial charge in [-0.25, -0.2) is 0 Å². The van der Waals surface area contributed by atoms with Crippen molar-refractivity contribution in [3.8, 4) is 11.5 Å². The molecule has 24 heavy (non-hydrogen) atoms. The number of allylic oxidation sites excluding steroid dienone is 2. The van der Waals surface area contributed by atoms with Gasteiger partial charge in [0.25, 0.3) is 0 Å². The van der Waals surface area contributed by atoms with E-state index in [1.165, 1.54) is 12.2 Å². The molecule has 0 aliphatic carbocycles. The van der Waals surface area contributed by atoms with E-state index >= 15 is 0 Å². The number of carbonyl (C=O) groups is 2. The Morgan fingerprint density at radius 1 is 0.667 bits per heavy atom. The van der Waals surface area contributed by atoms with E-state index in [0.29, 0.717) is 0 Å². The molecular formula is C20H18O4. The summed E-state index contributed by atoms with van der Waals surface area (Å²) in [5, 5.41) is 0. The zero-order valence-electron chi connectivity index (χ0n) is 13.6. The van der Waals surface area contributed by atoms with Crippen LogP contribution in [0.4, 0.5) is 0 Å². The third kappa shape index (κ3) is 4.95. The zero-order valence-corrected chi connectivity index (χ0v) is 13.6. The summed E-state index contributed by atoms with van der Waals surface area (Å²) in [5.41, 5.74) is 1.63. The average molecular weight is 322 g/mol. The highest BCUT2D eigenvalue weighted by Crippen LogP contribution is 2.13. The fourth-order valence-electron chi connectivity index (χ4n) is 1.94. The largest absolute Gasteiger partial charge is 0.497 e. The minimum absolute atomic E-state index is 0.574. The number of hydrogen-bond donors (Lipinski definition) is 0. The molecule has 0 saturated carbocycles. The highest BCUT2D eigenvalue weighted by molar-refractivity contribution is 6.46. The quantitative estimate of drug-likeness (QED) is 0.578. The molecule has 0 aliphatic heterocycles. The highest BCUT2D eigenvalue weighted by atomic mass is 16.5. The molecule has 4 nitrogen and oxygen atoms in total. The monoisotopic (exact) mass is 322 g/mol. The summed E-state index contributed by atoms with van der Waals surface area (Å²) < 4.78 is 10.1. The number of rotatable bonds is 7. The van der Waals surface area contributed by atoms with Crippen LogP contribution >= 0.6 is 0 Å². The second-order valence-electron chi connectivity index (χ2n) is 4.94. The molecule has 2 aromatic carbocycles. The molecule has 122 valence electrons. The van der Waals surface area contributed by atoms with Gasteiger partial charge in [0, 0.05) is 0 Å². The van der Waals surface area contributed by atoms with E-state index in [1.54, 1.807) is 74.9 Å². The van der Waals surface area contributed by atoms with E-state index in [9.17, 15) is 9.59 Å². The first-order valence-electron chi connectivity index (χ1n) is 7.35. The SMILES string of the molecule is COc1ccc(C=CC(=O)C(=O)C=Cc2ccc(OC)cc2)cc1. The van der Waals surface area contributed by atoms with Gasteiger partial charge < -0.3 is 9.47 Å². The van der Waals surface area contributed by atoms with Crippen LogP contribution in [0.5, 0.6) is 11.5 Å². The summed E-state index contributed by atoms with van der Waals surface area (Å²) >= 11 is 0. The number of ether oxygens (including phenoxy) is 2. The number of hydrogen-bond acceptors (Lipinski definition) is 4. The van der Waals surface area contributed by atoms with Crippen molar-refractivity contribution in [3.63, 3.8) is 0 Å². The normalized spacial score (nSPS) is 10.9. The smallest absolute Gasteiger partial charge is 0.225 e. The predicted octanol–water partition coefficient (Wildman–Crippen LogP) is 3.57. The maximum atomic E-state index is 11.8. The molecule has 0 unspecified atom stereocenters. The molecule has 0 atom stereocenters. The van der Waals surface area contributed by atoms with Gasteiger partial charge in [-0.2, -0.15) is 0 Å². The second-order valence-corrected chi connectivity index (χ2v) is 4.94. The lowest BCUT2D eigenvalue weighted by Gasteiger charge is -1.99. The van der Waals surface area contributed by atoms with Gasteiger partial charge in [0.05, 0.1) is 14.2 Å². The van der Waals surface area contributed by atoms with Crippen LogP contribution in [0.3, 0.4) is 0 Å². The van der Waals surface area contributed by atoms with Crippen LogP contribution in [-0.4, -0.2) is 25.8 Å². The first-order chi connectivity index (χ1) is 11.6. The fourth-order valence-corrected chi connectivity index (χ4v) is 1.94. The van der Waals surface area contributed by atoms with Crippen LogP contribution in [0.1, 0.15) is 11.1 Å². The fraction of sp³-hybridized carbons (Fsp3) is 0.100. The number of benzene rings is 2. The standard InChI is InChI=1S/C20H18O4/c1-23-17-9-3-15(4-10-17)7-13-19(21)20(22)14-8-16-5-11-18(24-2)12-6-16/h3-14H,1-2H3. The van der Waals surface area contributed by atoms with Gasteiger partial charge >= 0.3 is 0 Å². The van der Waals surface area contributed by atoms with Gasteiger partial charge in [-0.1, -0.05) is 36.4 Å². The Morgan fingerprint density at radius 2 is 1.00 bits per heavy atom. The van der Waals surface area contributed by atoms with E-state index in [1.807, 2.05) is 0 Å². The van der Waals surface area contributed by atoms with Crippen LogP contribution in [0.25, 0.3) is 12.2 Å². The van der Waals surface area contributed by atoms with Crippen LogP contribution < -0.4 is 9.47 Å². The van der Waals surface area contributed by atoms with Crippen molar-refractivity contribution in [2.75, 3.05) is 14.2 Å². The molecule has 0 amide bonds.